The summed E-state index contributed by atoms with van der Waals surface area (Å²) in [6.07, 6.45) is -0.205. The third-order valence-electron chi connectivity index (χ3n) is 4.36. The van der Waals surface area contributed by atoms with Gasteiger partial charge in [0.2, 0.25) is 0 Å². The van der Waals surface area contributed by atoms with Crippen LogP contribution in [0.5, 0.6) is 0 Å². The fourth-order valence-electron chi connectivity index (χ4n) is 3.00. The molecule has 0 aromatic heterocycles. The van der Waals surface area contributed by atoms with Crippen molar-refractivity contribution in [3.63, 3.8) is 0 Å². The highest BCUT2D eigenvalue weighted by Crippen LogP contribution is 2.29. The molecule has 1 N–H and O–H groups in total. The Morgan fingerprint density at radius 2 is 1.69 bits per heavy atom. The molecule has 0 unspecified atom stereocenters. The Labute approximate surface area is 151 Å². The Kier molecular flexibility index (Phi) is 5.31. The average molecular weight is 355 g/mol. The molecule has 0 saturated carbocycles. The topological polar surface area (TPSA) is 12.0 Å². The smallest absolute Gasteiger partial charge is 0.385 e. The van der Waals surface area contributed by atoms with Crippen molar-refractivity contribution < 1.29 is 13.2 Å². The van der Waals surface area contributed by atoms with Gasteiger partial charge in [-0.05, 0) is 47.5 Å². The second kappa shape index (κ2) is 7.65. The van der Waals surface area contributed by atoms with E-state index in [4.69, 9.17) is 0 Å². The minimum absolute atomic E-state index is 0.0962. The van der Waals surface area contributed by atoms with E-state index in [2.05, 4.69) is 36.5 Å². The maximum Gasteiger partial charge on any atom is 0.416 e. The van der Waals surface area contributed by atoms with E-state index in [0.717, 1.165) is 6.07 Å². The van der Waals surface area contributed by atoms with Gasteiger partial charge < -0.3 is 5.32 Å². The fourth-order valence-corrected chi connectivity index (χ4v) is 3.00. The monoisotopic (exact) mass is 355 g/mol. The molecule has 0 aliphatic rings. The first-order chi connectivity index (χ1) is 12.4. The van der Waals surface area contributed by atoms with Crippen LogP contribution in [0.4, 0.5) is 13.2 Å². The molecule has 3 aromatic carbocycles. The summed E-state index contributed by atoms with van der Waals surface area (Å²) < 4.78 is 38.2. The van der Waals surface area contributed by atoms with Crippen molar-refractivity contribution in [3.8, 4) is 0 Å². The predicted octanol–water partition coefficient (Wildman–Crippen LogP) is 6.27. The van der Waals surface area contributed by atoms with Crippen LogP contribution in [0.15, 0.2) is 79.0 Å². The lowest BCUT2D eigenvalue weighted by Crippen LogP contribution is -2.12. The lowest BCUT2D eigenvalue weighted by Gasteiger charge is -2.15. The molecule has 0 spiro atoms. The summed E-state index contributed by atoms with van der Waals surface area (Å²) in [5.74, 6) is 0. The van der Waals surface area contributed by atoms with Gasteiger partial charge in [0, 0.05) is 6.04 Å². The first-order valence-corrected chi connectivity index (χ1v) is 8.50. The molecule has 0 aliphatic heterocycles. The van der Waals surface area contributed by atoms with Gasteiger partial charge in [-0.15, -0.1) is 0 Å². The SMILES string of the molecule is C[C@@H](N/C=C/Cc1cccc(C(F)(F)F)c1)c1cccc2ccccc12. The molecule has 0 aliphatic carbocycles. The zero-order valence-corrected chi connectivity index (χ0v) is 14.4. The molecule has 3 aromatic rings. The van der Waals surface area contributed by atoms with Crippen LogP contribution < -0.4 is 5.32 Å². The maximum absolute atomic E-state index is 12.7. The lowest BCUT2D eigenvalue weighted by molar-refractivity contribution is -0.137. The molecule has 0 amide bonds. The fraction of sp³-hybridized carbons (Fsp3) is 0.182. The van der Waals surface area contributed by atoms with Gasteiger partial charge in [0.15, 0.2) is 0 Å². The highest BCUT2D eigenvalue weighted by molar-refractivity contribution is 5.86. The first-order valence-electron chi connectivity index (χ1n) is 8.50. The number of allylic oxidation sites excluding steroid dienone is 1. The van der Waals surface area contributed by atoms with E-state index in [0.29, 0.717) is 12.0 Å². The predicted molar refractivity (Wildman–Crippen MR) is 99.8 cm³/mol. The van der Waals surface area contributed by atoms with E-state index in [-0.39, 0.29) is 6.04 Å². The molecular weight excluding hydrogens is 335 g/mol. The number of halogens is 3. The van der Waals surface area contributed by atoms with E-state index >= 15 is 0 Å². The van der Waals surface area contributed by atoms with E-state index in [9.17, 15) is 13.2 Å². The van der Waals surface area contributed by atoms with Crippen LogP contribution in [0.25, 0.3) is 10.8 Å². The Bertz CT molecular complexity index is 907. The van der Waals surface area contributed by atoms with Crippen molar-refractivity contribution in [2.24, 2.45) is 0 Å². The van der Waals surface area contributed by atoms with Crippen LogP contribution in [0.2, 0.25) is 0 Å². The summed E-state index contributed by atoms with van der Waals surface area (Å²) in [6, 6.07) is 19.9. The second-order valence-corrected chi connectivity index (χ2v) is 6.26. The molecule has 0 saturated heterocycles. The molecule has 0 radical (unpaired) electrons. The quantitative estimate of drug-likeness (QED) is 0.569. The second-order valence-electron chi connectivity index (χ2n) is 6.26. The Morgan fingerprint density at radius 3 is 2.50 bits per heavy atom. The van der Waals surface area contributed by atoms with Crippen LogP contribution in [-0.4, -0.2) is 0 Å². The molecule has 0 fully saturated rings. The van der Waals surface area contributed by atoms with Gasteiger partial charge in [-0.1, -0.05) is 66.7 Å². The molecule has 1 atom stereocenters. The van der Waals surface area contributed by atoms with Gasteiger partial charge in [0.1, 0.15) is 0 Å². The minimum Gasteiger partial charge on any atom is -0.385 e. The number of hydrogen-bond acceptors (Lipinski definition) is 1. The third-order valence-corrected chi connectivity index (χ3v) is 4.36. The van der Waals surface area contributed by atoms with E-state index in [1.165, 1.54) is 28.5 Å². The highest BCUT2D eigenvalue weighted by Gasteiger charge is 2.30. The zero-order chi connectivity index (χ0) is 18.6. The van der Waals surface area contributed by atoms with Crippen LogP contribution >= 0.6 is 0 Å². The van der Waals surface area contributed by atoms with Gasteiger partial charge in [-0.3, -0.25) is 0 Å². The summed E-state index contributed by atoms with van der Waals surface area (Å²) >= 11 is 0. The zero-order valence-electron chi connectivity index (χ0n) is 14.4. The van der Waals surface area contributed by atoms with Gasteiger partial charge in [0.25, 0.3) is 0 Å². The van der Waals surface area contributed by atoms with Crippen molar-refractivity contribution in [2.75, 3.05) is 0 Å². The van der Waals surface area contributed by atoms with Crippen molar-refractivity contribution in [3.05, 3.63) is 95.7 Å². The first kappa shape index (κ1) is 18.1. The number of alkyl halides is 3. The molecule has 4 heteroatoms. The number of nitrogens with one attached hydrogen (secondary N) is 1. The van der Waals surface area contributed by atoms with Crippen LogP contribution in [0.3, 0.4) is 0 Å². The minimum atomic E-state index is -4.30. The molecule has 0 bridgehead atoms. The summed E-state index contributed by atoms with van der Waals surface area (Å²) in [7, 11) is 0. The maximum atomic E-state index is 12.7. The number of fused-ring (bicyclic) bond motifs is 1. The Morgan fingerprint density at radius 1 is 0.962 bits per heavy atom. The normalized spacial score (nSPS) is 13.2. The summed E-state index contributed by atoms with van der Waals surface area (Å²) in [6.45, 7) is 2.07. The van der Waals surface area contributed by atoms with Gasteiger partial charge in [0.05, 0.1) is 5.56 Å². The molecular formula is C22H20F3N. The van der Waals surface area contributed by atoms with Gasteiger partial charge in [-0.25, -0.2) is 0 Å². The molecule has 26 heavy (non-hydrogen) atoms. The average Bonchev–Trinajstić information content (AvgIpc) is 2.64. The molecule has 1 nitrogen and oxygen atoms in total. The van der Waals surface area contributed by atoms with Crippen LogP contribution in [0.1, 0.15) is 29.7 Å². The number of hydrogen-bond donors (Lipinski definition) is 1. The summed E-state index contributed by atoms with van der Waals surface area (Å²) in [4.78, 5) is 0. The third kappa shape index (κ3) is 4.26. The van der Waals surface area contributed by atoms with E-state index < -0.39 is 11.7 Å². The van der Waals surface area contributed by atoms with Gasteiger partial charge >= 0.3 is 6.18 Å². The standard InChI is InChI=1S/C22H20F3N/c1-16(20-13-5-10-18-9-2-3-12-21(18)20)26-14-6-8-17-7-4-11-19(15-17)22(23,24)25/h2-7,9-16,26H,8H2,1H3/b14-6+/t16-/m1/s1. The van der Waals surface area contributed by atoms with E-state index in [1.807, 2.05) is 30.5 Å². The van der Waals surface area contributed by atoms with E-state index in [1.54, 1.807) is 6.07 Å². The molecule has 3 rings (SSSR count). The summed E-state index contributed by atoms with van der Waals surface area (Å²) in [5, 5.41) is 5.69. The highest BCUT2D eigenvalue weighted by atomic mass is 19.4. The lowest BCUT2D eigenvalue weighted by atomic mass is 10.00. The Hall–Kier alpha value is -2.75. The van der Waals surface area contributed by atoms with Gasteiger partial charge in [-0.2, -0.15) is 13.2 Å². The number of benzene rings is 3. The summed E-state index contributed by atoms with van der Waals surface area (Å²) in [5.41, 5.74) is 1.21. The van der Waals surface area contributed by atoms with Crippen molar-refractivity contribution in [1.82, 2.24) is 5.32 Å². The number of rotatable bonds is 5. The molecule has 134 valence electrons. The Balaban J connectivity index is 1.65. The van der Waals surface area contributed by atoms with Crippen molar-refractivity contribution >= 4 is 10.8 Å². The molecule has 0 heterocycles. The largest absolute Gasteiger partial charge is 0.416 e. The van der Waals surface area contributed by atoms with Crippen LogP contribution in [0, 0.1) is 0 Å². The van der Waals surface area contributed by atoms with Crippen LogP contribution in [-0.2, 0) is 12.6 Å². The van der Waals surface area contributed by atoms with Crippen molar-refractivity contribution in [2.45, 2.75) is 25.6 Å². The van der Waals surface area contributed by atoms with Crippen molar-refractivity contribution in [1.29, 1.82) is 0 Å².